The second-order valence-corrected chi connectivity index (χ2v) is 29.1. The number of fused-ring (bicyclic) bond motifs is 18. The van der Waals surface area contributed by atoms with Crippen LogP contribution in [0.3, 0.4) is 0 Å². The Kier molecular flexibility index (Phi) is 10.5. The van der Waals surface area contributed by atoms with E-state index in [1.54, 1.807) is 0 Å². The predicted octanol–water partition coefficient (Wildman–Crippen LogP) is 19.8. The van der Waals surface area contributed by atoms with E-state index in [1.807, 2.05) is 0 Å². The monoisotopic (exact) mass is 1090 g/mol. The van der Waals surface area contributed by atoms with E-state index in [0.29, 0.717) is 0 Å². The average Bonchev–Trinajstić information content (AvgIpc) is 1.21. The molecule has 3 nitrogen and oxygen atoms in total. The summed E-state index contributed by atoms with van der Waals surface area (Å²) in [6, 6.07) is 81.2. The van der Waals surface area contributed by atoms with Crippen molar-refractivity contribution in [2.24, 2.45) is 0 Å². The van der Waals surface area contributed by atoms with E-state index in [2.05, 4.69) is 304 Å². The molecule has 0 aromatic heterocycles. The fourth-order valence-corrected chi connectivity index (χ4v) is 16.6. The maximum absolute atomic E-state index is 2.86. The van der Waals surface area contributed by atoms with Gasteiger partial charge in [0, 0.05) is 50.8 Å². The molecule has 0 N–H and O–H groups in total. The normalized spacial score (nSPS) is 17.0. The molecule has 0 fully saturated rings. The molecule has 10 aromatic carbocycles. The highest BCUT2D eigenvalue weighted by Crippen LogP contribution is 2.66. The van der Waals surface area contributed by atoms with Crippen LogP contribution in [0.2, 0.25) is 0 Å². The molecule has 3 aliphatic heterocycles. The van der Waals surface area contributed by atoms with Crippen molar-refractivity contribution in [3.05, 3.63) is 262 Å². The van der Waals surface area contributed by atoms with E-state index in [-0.39, 0.29) is 33.9 Å². The largest absolute Gasteiger partial charge is 0.376 e. The zero-order chi connectivity index (χ0) is 57.8. The van der Waals surface area contributed by atoms with Crippen LogP contribution in [0.5, 0.6) is 0 Å². The lowest BCUT2D eigenvalue weighted by atomic mass is 9.42. The maximum Gasteiger partial charge on any atom is 0.333 e. The van der Waals surface area contributed by atoms with Crippen molar-refractivity contribution >= 4 is 63.3 Å². The van der Waals surface area contributed by atoms with Crippen LogP contribution in [-0.4, -0.2) is 6.85 Å². The van der Waals surface area contributed by atoms with Crippen molar-refractivity contribution in [1.82, 2.24) is 0 Å². The number of hydrogen-bond acceptors (Lipinski definition) is 3. The SMILES string of the molecule is CC(C)(C)c1ccc(N(c2ccc(C(C)(C)C)cc2)c2cc3c4c(c2)N2c5ccccc5C5(c6ccccc6-c6ccccc65)c5cccc(c52)B4N(c2ccc4c(c2)C(C)(C)CCC4(C)C)c2c-3ccc3c2C(C)(C)c2ccccc2-3)cc1. The third-order valence-corrected chi connectivity index (χ3v) is 21.0. The van der Waals surface area contributed by atoms with E-state index >= 15 is 0 Å². The summed E-state index contributed by atoms with van der Waals surface area (Å²) in [5.41, 5.74) is 33.0. The van der Waals surface area contributed by atoms with Gasteiger partial charge in [0.1, 0.15) is 0 Å². The lowest BCUT2D eigenvalue weighted by molar-refractivity contribution is 0.332. The van der Waals surface area contributed by atoms with Gasteiger partial charge in [0.15, 0.2) is 0 Å². The van der Waals surface area contributed by atoms with E-state index in [4.69, 9.17) is 0 Å². The molecule has 3 aliphatic carbocycles. The number of hydrogen-bond donors (Lipinski definition) is 0. The third kappa shape index (κ3) is 6.83. The van der Waals surface area contributed by atoms with E-state index in [0.717, 1.165) is 23.5 Å². The molecule has 412 valence electrons. The van der Waals surface area contributed by atoms with Crippen LogP contribution in [0.15, 0.2) is 206 Å². The molecule has 6 aliphatic rings. The van der Waals surface area contributed by atoms with E-state index in [1.165, 1.54) is 135 Å². The summed E-state index contributed by atoms with van der Waals surface area (Å²) in [7, 11) is 0. The highest BCUT2D eigenvalue weighted by molar-refractivity contribution is 6.93. The van der Waals surface area contributed by atoms with Gasteiger partial charge in [-0.1, -0.05) is 235 Å². The van der Waals surface area contributed by atoms with Crippen LogP contribution >= 0.6 is 0 Å². The van der Waals surface area contributed by atoms with Crippen LogP contribution in [-0.2, 0) is 32.5 Å². The molecule has 0 unspecified atom stereocenters. The molecule has 0 atom stereocenters. The molecule has 0 saturated carbocycles. The van der Waals surface area contributed by atoms with Crippen molar-refractivity contribution in [1.29, 1.82) is 0 Å². The standard InChI is InChI=1S/C80H74BN3/c1-75(2,3)49-32-36-51(37-33-49)82(52-38-34-50(35-39-52)76(4,5)6)54-46-60-59-42-41-58-57-24-13-16-25-61(57)79(11,12)71(58)73(59)84(53-40-43-64-67(47-53)78(9,10)45-44-77(64,7)8)81-68-30-21-29-66-74(68)83(70(48-54)72(60)81)69-31-20-19-28-65(69)80(66)62-26-17-14-22-55(62)56-23-15-18-27-63(56)80/h13-43,46-48H,44-45H2,1-12H3. The lowest BCUT2D eigenvalue weighted by Gasteiger charge is -2.52. The Morgan fingerprint density at radius 2 is 0.917 bits per heavy atom. The van der Waals surface area contributed by atoms with Gasteiger partial charge in [0.25, 0.3) is 0 Å². The summed E-state index contributed by atoms with van der Waals surface area (Å²) in [6.07, 6.45) is 2.31. The van der Waals surface area contributed by atoms with Crippen molar-refractivity contribution < 1.29 is 0 Å². The van der Waals surface area contributed by atoms with Crippen molar-refractivity contribution in [3.8, 4) is 33.4 Å². The van der Waals surface area contributed by atoms with Crippen LogP contribution < -0.4 is 25.5 Å². The molecule has 16 rings (SSSR count). The number of nitrogens with zero attached hydrogens (tertiary/aromatic N) is 3. The number of para-hydroxylation sites is 2. The fraction of sp³-hybridized carbons (Fsp3) is 0.250. The van der Waals surface area contributed by atoms with E-state index in [9.17, 15) is 0 Å². The third-order valence-electron chi connectivity index (χ3n) is 21.0. The van der Waals surface area contributed by atoms with Gasteiger partial charge >= 0.3 is 6.85 Å². The van der Waals surface area contributed by atoms with Gasteiger partial charge < -0.3 is 14.6 Å². The minimum absolute atomic E-state index is 0.000159. The first-order valence-corrected chi connectivity index (χ1v) is 30.8. The Morgan fingerprint density at radius 1 is 0.393 bits per heavy atom. The van der Waals surface area contributed by atoms with Crippen molar-refractivity contribution in [2.75, 3.05) is 14.6 Å². The second-order valence-electron chi connectivity index (χ2n) is 29.1. The quantitative estimate of drug-likeness (QED) is 0.163. The first-order valence-electron chi connectivity index (χ1n) is 30.8. The molecule has 10 aromatic rings. The molecular weight excluding hydrogens is 1010 g/mol. The first-order chi connectivity index (χ1) is 40.2. The number of anilines is 8. The topological polar surface area (TPSA) is 9.72 Å². The molecule has 0 amide bonds. The second kappa shape index (κ2) is 17.2. The van der Waals surface area contributed by atoms with Crippen LogP contribution in [0.4, 0.5) is 45.5 Å². The van der Waals surface area contributed by atoms with Gasteiger partial charge in [-0.05, 0) is 183 Å². The Labute approximate surface area is 498 Å². The van der Waals surface area contributed by atoms with Gasteiger partial charge in [0.2, 0.25) is 0 Å². The molecule has 0 saturated heterocycles. The average molecular weight is 1090 g/mol. The fourth-order valence-electron chi connectivity index (χ4n) is 16.6. The molecule has 3 heterocycles. The Hall–Kier alpha value is -8.34. The summed E-state index contributed by atoms with van der Waals surface area (Å²) in [5, 5.41) is 0. The zero-order valence-corrected chi connectivity index (χ0v) is 51.0. The molecule has 4 heteroatoms. The van der Waals surface area contributed by atoms with E-state index < -0.39 is 5.41 Å². The zero-order valence-electron chi connectivity index (χ0n) is 51.0. The van der Waals surface area contributed by atoms with Crippen LogP contribution in [0, 0.1) is 0 Å². The summed E-state index contributed by atoms with van der Waals surface area (Å²) >= 11 is 0. The first kappa shape index (κ1) is 51.3. The van der Waals surface area contributed by atoms with Gasteiger partial charge in [-0.25, -0.2) is 0 Å². The Bertz CT molecular complexity index is 4340. The molecule has 0 radical (unpaired) electrons. The molecule has 0 bridgehead atoms. The minimum Gasteiger partial charge on any atom is -0.376 e. The molecule has 84 heavy (non-hydrogen) atoms. The van der Waals surface area contributed by atoms with Crippen LogP contribution in [0.1, 0.15) is 152 Å². The van der Waals surface area contributed by atoms with Gasteiger partial charge in [-0.3, -0.25) is 0 Å². The van der Waals surface area contributed by atoms with Crippen LogP contribution in [0.25, 0.3) is 33.4 Å². The number of rotatable bonds is 4. The smallest absolute Gasteiger partial charge is 0.333 e. The summed E-state index contributed by atoms with van der Waals surface area (Å²) in [4.78, 5) is 8.11. The summed E-state index contributed by atoms with van der Waals surface area (Å²) < 4.78 is 0. The molecule has 1 spiro atoms. The summed E-state index contributed by atoms with van der Waals surface area (Å²) in [5.74, 6) is 0. The van der Waals surface area contributed by atoms with Crippen molar-refractivity contribution in [2.45, 2.75) is 128 Å². The van der Waals surface area contributed by atoms with Gasteiger partial charge in [-0.2, -0.15) is 0 Å². The molecular formula is C80H74BN3. The Balaban J connectivity index is 1.07. The Morgan fingerprint density at radius 3 is 1.52 bits per heavy atom. The predicted molar refractivity (Wildman–Crippen MR) is 356 cm³/mol. The lowest BCUT2D eigenvalue weighted by Crippen LogP contribution is -2.63. The number of benzene rings is 10. The highest BCUT2D eigenvalue weighted by atomic mass is 15.2. The maximum atomic E-state index is 2.86. The summed E-state index contributed by atoms with van der Waals surface area (Å²) in [6.45, 7) is 28.5. The van der Waals surface area contributed by atoms with Gasteiger partial charge in [0.05, 0.1) is 11.1 Å². The minimum atomic E-state index is -0.580. The van der Waals surface area contributed by atoms with Gasteiger partial charge in [-0.15, -0.1) is 0 Å². The van der Waals surface area contributed by atoms with Crippen molar-refractivity contribution in [3.63, 3.8) is 0 Å². The highest BCUT2D eigenvalue weighted by Gasteiger charge is 2.57.